The molecule has 106 valence electrons. The third-order valence-electron chi connectivity index (χ3n) is 3.47. The number of ether oxygens (including phenoxy) is 1. The first kappa shape index (κ1) is 14.3. The number of rotatable bonds is 7. The van der Waals surface area contributed by atoms with Gasteiger partial charge in [0.05, 0.1) is 18.4 Å². The van der Waals surface area contributed by atoms with Gasteiger partial charge in [0.25, 0.3) is 11.7 Å². The second kappa shape index (κ2) is 6.37. The third kappa shape index (κ3) is 2.74. The van der Waals surface area contributed by atoms with Gasteiger partial charge in [-0.3, -0.25) is 9.59 Å². The lowest BCUT2D eigenvalue weighted by molar-refractivity contribution is -0.114. The van der Waals surface area contributed by atoms with Gasteiger partial charge >= 0.3 is 0 Å². The lowest BCUT2D eigenvalue weighted by Crippen LogP contribution is -2.30. The molecule has 20 heavy (non-hydrogen) atoms. The zero-order valence-corrected chi connectivity index (χ0v) is 11.7. The molecule has 1 aliphatic heterocycles. The Labute approximate surface area is 119 Å². The molecule has 1 aliphatic rings. The minimum atomic E-state index is -0.433. The van der Waals surface area contributed by atoms with E-state index in [-0.39, 0.29) is 0 Å². The predicted molar refractivity (Wildman–Crippen MR) is 78.3 cm³/mol. The van der Waals surface area contributed by atoms with E-state index in [1.807, 2.05) is 6.08 Å². The number of carbonyl (C=O) groups is 2. The molecule has 0 aromatic heterocycles. The molecular weight excluding hydrogens is 254 g/mol. The van der Waals surface area contributed by atoms with Crippen LogP contribution in [0.5, 0.6) is 5.75 Å². The number of carbonyl (C=O) groups excluding carboxylic acids is 2. The van der Waals surface area contributed by atoms with Crippen LogP contribution in [0.3, 0.4) is 0 Å². The fourth-order valence-corrected chi connectivity index (χ4v) is 2.36. The van der Waals surface area contributed by atoms with Gasteiger partial charge in [0.15, 0.2) is 0 Å². The second-order valence-corrected chi connectivity index (χ2v) is 4.81. The Kier molecular flexibility index (Phi) is 4.56. The SMILES string of the molecule is C=CCCCCCN1C(=O)C(=O)c2ccc(OC)cc21. The van der Waals surface area contributed by atoms with E-state index in [4.69, 9.17) is 4.74 Å². The Morgan fingerprint density at radius 1 is 1.25 bits per heavy atom. The summed E-state index contributed by atoms with van der Waals surface area (Å²) in [6.07, 6.45) is 5.83. The fourth-order valence-electron chi connectivity index (χ4n) is 2.36. The number of amides is 1. The normalized spacial score (nSPS) is 13.6. The summed E-state index contributed by atoms with van der Waals surface area (Å²) in [6.45, 7) is 4.25. The average molecular weight is 273 g/mol. The van der Waals surface area contributed by atoms with Crippen LogP contribution in [-0.2, 0) is 4.79 Å². The molecule has 1 amide bonds. The smallest absolute Gasteiger partial charge is 0.299 e. The summed E-state index contributed by atoms with van der Waals surface area (Å²) >= 11 is 0. The number of Topliss-reactive ketones (excluding diaryl/α,β-unsaturated/α-hetero) is 1. The molecule has 0 saturated carbocycles. The molecule has 1 aromatic rings. The van der Waals surface area contributed by atoms with Crippen molar-refractivity contribution in [3.05, 3.63) is 36.4 Å². The molecule has 0 saturated heterocycles. The van der Waals surface area contributed by atoms with E-state index < -0.39 is 11.7 Å². The van der Waals surface area contributed by atoms with Gasteiger partial charge < -0.3 is 9.64 Å². The Bertz CT molecular complexity index is 537. The number of nitrogens with zero attached hydrogens (tertiary/aromatic N) is 1. The summed E-state index contributed by atoms with van der Waals surface area (Å²) in [6, 6.07) is 5.12. The molecule has 1 heterocycles. The number of anilines is 1. The van der Waals surface area contributed by atoms with Crippen molar-refractivity contribution >= 4 is 17.4 Å². The molecular formula is C16H19NO3. The lowest BCUT2D eigenvalue weighted by atomic mass is 10.1. The van der Waals surface area contributed by atoms with Crippen molar-refractivity contribution in [1.82, 2.24) is 0 Å². The zero-order chi connectivity index (χ0) is 14.5. The summed E-state index contributed by atoms with van der Waals surface area (Å²) in [7, 11) is 1.57. The van der Waals surface area contributed by atoms with Crippen LogP contribution < -0.4 is 9.64 Å². The van der Waals surface area contributed by atoms with E-state index in [0.717, 1.165) is 25.7 Å². The van der Waals surface area contributed by atoms with E-state index in [2.05, 4.69) is 6.58 Å². The van der Waals surface area contributed by atoms with Crippen molar-refractivity contribution in [2.45, 2.75) is 25.7 Å². The number of ketones is 1. The van der Waals surface area contributed by atoms with Gasteiger partial charge in [-0.15, -0.1) is 6.58 Å². The van der Waals surface area contributed by atoms with E-state index in [1.54, 1.807) is 30.2 Å². The van der Waals surface area contributed by atoms with Crippen LogP contribution in [0.2, 0.25) is 0 Å². The van der Waals surface area contributed by atoms with Crippen molar-refractivity contribution in [2.24, 2.45) is 0 Å². The van der Waals surface area contributed by atoms with Crippen molar-refractivity contribution in [3.8, 4) is 5.75 Å². The van der Waals surface area contributed by atoms with E-state index in [1.165, 1.54) is 0 Å². The van der Waals surface area contributed by atoms with Gasteiger partial charge in [0.2, 0.25) is 0 Å². The van der Waals surface area contributed by atoms with E-state index in [0.29, 0.717) is 23.5 Å². The standard InChI is InChI=1S/C16H19NO3/c1-3-4-5-6-7-10-17-14-11-12(20-2)8-9-13(14)15(18)16(17)19/h3,8-9,11H,1,4-7,10H2,2H3. The maximum atomic E-state index is 12.0. The zero-order valence-electron chi connectivity index (χ0n) is 11.7. The van der Waals surface area contributed by atoms with Crippen molar-refractivity contribution < 1.29 is 14.3 Å². The molecule has 0 unspecified atom stereocenters. The van der Waals surface area contributed by atoms with E-state index in [9.17, 15) is 9.59 Å². The first-order valence-corrected chi connectivity index (χ1v) is 6.84. The summed E-state index contributed by atoms with van der Waals surface area (Å²) in [4.78, 5) is 25.5. The van der Waals surface area contributed by atoms with Crippen molar-refractivity contribution in [3.63, 3.8) is 0 Å². The highest BCUT2D eigenvalue weighted by atomic mass is 16.5. The highest BCUT2D eigenvalue weighted by Gasteiger charge is 2.35. The Hall–Kier alpha value is -2.10. The molecule has 4 nitrogen and oxygen atoms in total. The monoisotopic (exact) mass is 273 g/mol. The molecule has 0 spiro atoms. The molecule has 0 fully saturated rings. The molecule has 1 aromatic carbocycles. The Morgan fingerprint density at radius 3 is 2.75 bits per heavy atom. The Morgan fingerprint density at radius 2 is 2.05 bits per heavy atom. The highest BCUT2D eigenvalue weighted by molar-refractivity contribution is 6.52. The number of benzene rings is 1. The van der Waals surface area contributed by atoms with Crippen LogP contribution >= 0.6 is 0 Å². The number of allylic oxidation sites excluding steroid dienone is 1. The number of methoxy groups -OCH3 is 1. The van der Waals surface area contributed by atoms with Crippen LogP contribution in [0.1, 0.15) is 36.0 Å². The highest BCUT2D eigenvalue weighted by Crippen LogP contribution is 2.32. The van der Waals surface area contributed by atoms with Crippen LogP contribution in [0.4, 0.5) is 5.69 Å². The minimum Gasteiger partial charge on any atom is -0.497 e. The number of unbranched alkanes of at least 4 members (excludes halogenated alkanes) is 3. The van der Waals surface area contributed by atoms with Crippen LogP contribution in [0, 0.1) is 0 Å². The fraction of sp³-hybridized carbons (Fsp3) is 0.375. The molecule has 0 aliphatic carbocycles. The quantitative estimate of drug-likeness (QED) is 0.436. The largest absolute Gasteiger partial charge is 0.497 e. The van der Waals surface area contributed by atoms with Crippen molar-refractivity contribution in [1.29, 1.82) is 0 Å². The van der Waals surface area contributed by atoms with Crippen molar-refractivity contribution in [2.75, 3.05) is 18.6 Å². The average Bonchev–Trinajstić information content (AvgIpc) is 2.71. The van der Waals surface area contributed by atoms with Gasteiger partial charge in [0.1, 0.15) is 5.75 Å². The first-order valence-electron chi connectivity index (χ1n) is 6.84. The maximum absolute atomic E-state index is 12.0. The molecule has 0 bridgehead atoms. The van der Waals surface area contributed by atoms with Gasteiger partial charge in [0, 0.05) is 12.6 Å². The molecule has 0 atom stereocenters. The summed E-state index contributed by atoms with van der Waals surface area (Å²) < 4.78 is 5.16. The Balaban J connectivity index is 2.08. The number of hydrogen-bond acceptors (Lipinski definition) is 3. The lowest BCUT2D eigenvalue weighted by Gasteiger charge is -2.16. The van der Waals surface area contributed by atoms with Crippen LogP contribution in [0.15, 0.2) is 30.9 Å². The number of hydrogen-bond donors (Lipinski definition) is 0. The van der Waals surface area contributed by atoms with E-state index >= 15 is 0 Å². The third-order valence-corrected chi connectivity index (χ3v) is 3.47. The number of fused-ring (bicyclic) bond motifs is 1. The van der Waals surface area contributed by atoms with Crippen LogP contribution in [0.25, 0.3) is 0 Å². The maximum Gasteiger partial charge on any atom is 0.299 e. The molecule has 2 rings (SSSR count). The van der Waals surface area contributed by atoms with Gasteiger partial charge in [-0.25, -0.2) is 0 Å². The van der Waals surface area contributed by atoms with Gasteiger partial charge in [-0.05, 0) is 31.4 Å². The summed E-state index contributed by atoms with van der Waals surface area (Å²) in [5, 5.41) is 0. The molecule has 0 N–H and O–H groups in total. The predicted octanol–water partition coefficient (Wildman–Crippen LogP) is 2.97. The first-order chi connectivity index (χ1) is 9.69. The molecule has 4 heteroatoms. The van der Waals surface area contributed by atoms with Gasteiger partial charge in [-0.2, -0.15) is 0 Å². The summed E-state index contributed by atoms with van der Waals surface area (Å²) in [5.74, 6) is -0.200. The molecule has 0 radical (unpaired) electrons. The minimum absolute atomic E-state index is 0.422. The topological polar surface area (TPSA) is 46.6 Å². The summed E-state index contributed by atoms with van der Waals surface area (Å²) in [5.41, 5.74) is 1.14. The van der Waals surface area contributed by atoms with Crippen LogP contribution in [-0.4, -0.2) is 25.3 Å². The second-order valence-electron chi connectivity index (χ2n) is 4.81. The van der Waals surface area contributed by atoms with Gasteiger partial charge in [-0.1, -0.05) is 12.5 Å².